The van der Waals surface area contributed by atoms with Gasteiger partial charge >= 0.3 is 0 Å². The summed E-state index contributed by atoms with van der Waals surface area (Å²) in [6.45, 7) is 6.89. The van der Waals surface area contributed by atoms with E-state index in [2.05, 4.69) is 29.0 Å². The summed E-state index contributed by atoms with van der Waals surface area (Å²) in [5.74, 6) is 0.00364. The highest BCUT2D eigenvalue weighted by Crippen LogP contribution is 2.27. The number of amides is 1. The average molecular weight is 292 g/mol. The fraction of sp³-hybridized carbons (Fsp3) is 0.429. The predicted octanol–water partition coefficient (Wildman–Crippen LogP) is 2.55. The van der Waals surface area contributed by atoms with E-state index >= 15 is 0 Å². The molecule has 2 rings (SSSR count). The van der Waals surface area contributed by atoms with E-state index in [1.165, 1.54) is 11.3 Å². The first-order valence-corrected chi connectivity index (χ1v) is 7.62. The number of anilines is 2. The van der Waals surface area contributed by atoms with Gasteiger partial charge in [-0.2, -0.15) is 0 Å². The van der Waals surface area contributed by atoms with Crippen molar-refractivity contribution in [2.24, 2.45) is 0 Å². The second-order valence-electron chi connectivity index (χ2n) is 4.57. The van der Waals surface area contributed by atoms with Crippen LogP contribution in [0.5, 0.6) is 0 Å². The largest absolute Gasteiger partial charge is 0.399 e. The Labute approximate surface area is 122 Å². The Bertz CT molecular complexity index is 592. The number of hydrogen-bond acceptors (Lipinski definition) is 5. The van der Waals surface area contributed by atoms with Crippen molar-refractivity contribution in [1.29, 1.82) is 0 Å². The summed E-state index contributed by atoms with van der Waals surface area (Å²) >= 11 is 1.45. The van der Waals surface area contributed by atoms with Gasteiger partial charge in [0.1, 0.15) is 0 Å². The molecule has 0 aliphatic carbocycles. The molecule has 0 saturated heterocycles. The van der Waals surface area contributed by atoms with Gasteiger partial charge in [0, 0.05) is 18.7 Å². The Morgan fingerprint density at radius 3 is 2.85 bits per heavy atom. The van der Waals surface area contributed by atoms with Crippen LogP contribution in [0.3, 0.4) is 0 Å². The standard InChI is InChI=1S/C14H20N4OS/c1-3-18(4-2)8-7-13(19)17-14-16-11-6-5-10(15)9-12(11)20-14/h5-6,9H,3-4,7-8,15H2,1-2H3,(H,16,17,19). The molecular weight excluding hydrogens is 272 g/mol. The molecule has 1 amide bonds. The van der Waals surface area contributed by atoms with Crippen molar-refractivity contribution < 1.29 is 4.79 Å². The Morgan fingerprint density at radius 1 is 1.40 bits per heavy atom. The Morgan fingerprint density at radius 2 is 2.15 bits per heavy atom. The third kappa shape index (κ3) is 3.68. The number of fused-ring (bicyclic) bond motifs is 1. The number of carbonyl (C=O) groups excluding carboxylic acids is 1. The quantitative estimate of drug-likeness (QED) is 0.803. The molecule has 0 saturated carbocycles. The number of nitrogens with two attached hydrogens (primary N) is 1. The van der Waals surface area contributed by atoms with Crippen LogP contribution in [0.25, 0.3) is 10.2 Å². The van der Waals surface area contributed by atoms with Crippen LogP contribution in [-0.4, -0.2) is 35.4 Å². The summed E-state index contributed by atoms with van der Waals surface area (Å²) < 4.78 is 0.990. The summed E-state index contributed by atoms with van der Waals surface area (Å²) in [5, 5.41) is 3.49. The van der Waals surface area contributed by atoms with Crippen molar-refractivity contribution in [2.75, 3.05) is 30.7 Å². The zero-order chi connectivity index (χ0) is 14.5. The maximum absolute atomic E-state index is 11.9. The normalized spacial score (nSPS) is 11.2. The maximum Gasteiger partial charge on any atom is 0.227 e. The van der Waals surface area contributed by atoms with Crippen LogP contribution in [0.2, 0.25) is 0 Å². The van der Waals surface area contributed by atoms with Crippen molar-refractivity contribution in [1.82, 2.24) is 9.88 Å². The third-order valence-corrected chi connectivity index (χ3v) is 4.14. The molecule has 0 atom stereocenters. The van der Waals surface area contributed by atoms with Crippen molar-refractivity contribution in [2.45, 2.75) is 20.3 Å². The average Bonchev–Trinajstić information content (AvgIpc) is 2.81. The van der Waals surface area contributed by atoms with Crippen LogP contribution in [0.4, 0.5) is 10.8 Å². The van der Waals surface area contributed by atoms with Gasteiger partial charge in [0.25, 0.3) is 0 Å². The summed E-state index contributed by atoms with van der Waals surface area (Å²) in [6, 6.07) is 5.55. The van der Waals surface area contributed by atoms with E-state index in [1.54, 1.807) is 0 Å². The van der Waals surface area contributed by atoms with Crippen molar-refractivity contribution in [3.63, 3.8) is 0 Å². The predicted molar refractivity (Wildman–Crippen MR) is 85.1 cm³/mol. The highest BCUT2D eigenvalue weighted by Gasteiger charge is 2.09. The lowest BCUT2D eigenvalue weighted by molar-refractivity contribution is -0.116. The number of nitrogen functional groups attached to an aromatic ring is 1. The minimum absolute atomic E-state index is 0.00364. The van der Waals surface area contributed by atoms with Gasteiger partial charge in [-0.25, -0.2) is 4.98 Å². The summed E-state index contributed by atoms with van der Waals surface area (Å²) in [5.41, 5.74) is 7.30. The van der Waals surface area contributed by atoms with E-state index in [-0.39, 0.29) is 5.91 Å². The van der Waals surface area contributed by atoms with Crippen LogP contribution >= 0.6 is 11.3 Å². The first-order valence-electron chi connectivity index (χ1n) is 6.80. The highest BCUT2D eigenvalue weighted by atomic mass is 32.1. The van der Waals surface area contributed by atoms with Crippen LogP contribution in [-0.2, 0) is 4.79 Å². The van der Waals surface area contributed by atoms with Crippen LogP contribution in [0.15, 0.2) is 18.2 Å². The summed E-state index contributed by atoms with van der Waals surface area (Å²) in [4.78, 5) is 18.5. The number of hydrogen-bond donors (Lipinski definition) is 2. The van der Waals surface area contributed by atoms with Gasteiger partial charge < -0.3 is 16.0 Å². The molecule has 6 heteroatoms. The zero-order valence-corrected chi connectivity index (χ0v) is 12.7. The molecule has 0 spiro atoms. The molecule has 0 unspecified atom stereocenters. The molecule has 0 aliphatic heterocycles. The van der Waals surface area contributed by atoms with E-state index < -0.39 is 0 Å². The molecule has 1 aromatic carbocycles. The third-order valence-electron chi connectivity index (χ3n) is 3.21. The number of thiazole rings is 1. The van der Waals surface area contributed by atoms with Gasteiger partial charge in [-0.3, -0.25) is 4.79 Å². The number of carbonyl (C=O) groups is 1. The van der Waals surface area contributed by atoms with Crippen molar-refractivity contribution in [3.05, 3.63) is 18.2 Å². The van der Waals surface area contributed by atoms with E-state index in [9.17, 15) is 4.79 Å². The van der Waals surface area contributed by atoms with Crippen LogP contribution in [0.1, 0.15) is 20.3 Å². The van der Waals surface area contributed by atoms with E-state index in [4.69, 9.17) is 5.73 Å². The molecule has 1 aromatic heterocycles. The number of aromatic nitrogens is 1. The number of rotatable bonds is 6. The lowest BCUT2D eigenvalue weighted by Gasteiger charge is -2.16. The van der Waals surface area contributed by atoms with Crippen LogP contribution < -0.4 is 11.1 Å². The molecular formula is C14H20N4OS. The van der Waals surface area contributed by atoms with Gasteiger partial charge in [-0.1, -0.05) is 25.2 Å². The second-order valence-corrected chi connectivity index (χ2v) is 5.60. The van der Waals surface area contributed by atoms with Crippen molar-refractivity contribution in [3.8, 4) is 0 Å². The molecule has 1 heterocycles. The number of benzene rings is 1. The minimum atomic E-state index is 0.00364. The SMILES string of the molecule is CCN(CC)CCC(=O)Nc1nc2ccc(N)cc2s1. The fourth-order valence-corrected chi connectivity index (χ4v) is 2.91. The van der Waals surface area contributed by atoms with E-state index in [0.29, 0.717) is 17.2 Å². The first kappa shape index (κ1) is 14.7. The Hall–Kier alpha value is -1.66. The molecule has 0 bridgehead atoms. The molecule has 20 heavy (non-hydrogen) atoms. The Kier molecular flexibility index (Phi) is 4.92. The van der Waals surface area contributed by atoms with Gasteiger partial charge in [0.05, 0.1) is 10.2 Å². The topological polar surface area (TPSA) is 71.2 Å². The number of nitrogens with zero attached hydrogens (tertiary/aromatic N) is 2. The highest BCUT2D eigenvalue weighted by molar-refractivity contribution is 7.22. The number of nitrogens with one attached hydrogen (secondary N) is 1. The lowest BCUT2D eigenvalue weighted by Crippen LogP contribution is -2.27. The molecule has 2 aromatic rings. The fourth-order valence-electron chi connectivity index (χ4n) is 1.98. The van der Waals surface area contributed by atoms with Gasteiger partial charge in [0.2, 0.25) is 5.91 Å². The molecule has 5 nitrogen and oxygen atoms in total. The van der Waals surface area contributed by atoms with Crippen molar-refractivity contribution >= 4 is 38.3 Å². The molecule has 0 radical (unpaired) electrons. The smallest absolute Gasteiger partial charge is 0.227 e. The van der Waals surface area contributed by atoms with Gasteiger partial charge in [-0.05, 0) is 31.3 Å². The molecule has 0 aliphatic rings. The molecule has 108 valence electrons. The lowest BCUT2D eigenvalue weighted by atomic mass is 10.3. The van der Waals surface area contributed by atoms with E-state index in [1.807, 2.05) is 18.2 Å². The Balaban J connectivity index is 1.95. The summed E-state index contributed by atoms with van der Waals surface area (Å²) in [7, 11) is 0. The zero-order valence-electron chi connectivity index (χ0n) is 11.8. The van der Waals surface area contributed by atoms with Crippen LogP contribution in [0, 0.1) is 0 Å². The monoisotopic (exact) mass is 292 g/mol. The molecule has 0 fully saturated rings. The second kappa shape index (κ2) is 6.67. The van der Waals surface area contributed by atoms with Gasteiger partial charge in [-0.15, -0.1) is 0 Å². The minimum Gasteiger partial charge on any atom is -0.399 e. The summed E-state index contributed by atoms with van der Waals surface area (Å²) in [6.07, 6.45) is 0.486. The maximum atomic E-state index is 11.9. The van der Waals surface area contributed by atoms with Gasteiger partial charge in [0.15, 0.2) is 5.13 Å². The van der Waals surface area contributed by atoms with E-state index in [0.717, 1.165) is 29.9 Å². The first-order chi connectivity index (χ1) is 9.62. The molecule has 3 N–H and O–H groups in total.